The van der Waals surface area contributed by atoms with Crippen LogP contribution >= 0.6 is 24.8 Å². The Morgan fingerprint density at radius 3 is 2.30 bits per heavy atom. The van der Waals surface area contributed by atoms with Gasteiger partial charge in [-0.05, 0) is 42.3 Å². The molecule has 0 unspecified atom stereocenters. The molecule has 0 fully saturated rings. The molecule has 1 amide bonds. The van der Waals surface area contributed by atoms with Gasteiger partial charge in [0.1, 0.15) is 11.5 Å². The summed E-state index contributed by atoms with van der Waals surface area (Å²) in [5, 5.41) is 0. The number of hydrogen-bond acceptors (Lipinski definition) is 5. The van der Waals surface area contributed by atoms with E-state index in [1.165, 1.54) is 0 Å². The number of carbonyl (C=O) groups excluding carboxylic acids is 1. The molecule has 8 heteroatoms. The van der Waals surface area contributed by atoms with Gasteiger partial charge in [0.25, 0.3) is 5.91 Å². The topological polar surface area (TPSA) is 77.7 Å². The van der Waals surface area contributed by atoms with Crippen molar-refractivity contribution in [3.63, 3.8) is 0 Å². The monoisotopic (exact) mass is 415 g/mol. The van der Waals surface area contributed by atoms with E-state index in [4.69, 9.17) is 15.2 Å². The van der Waals surface area contributed by atoms with Crippen LogP contribution in [-0.4, -0.2) is 42.5 Å². The first-order valence-corrected chi connectivity index (χ1v) is 8.15. The summed E-state index contributed by atoms with van der Waals surface area (Å²) in [7, 11) is 1.76. The SMILES string of the molecule is CN(CC(C)(C)CN)C(=O)COc1ccc(Oc2ccccn2)cc1.Cl.Cl. The number of nitrogens with two attached hydrogens (primary N) is 1. The summed E-state index contributed by atoms with van der Waals surface area (Å²) in [6, 6.07) is 12.5. The van der Waals surface area contributed by atoms with Crippen LogP contribution in [-0.2, 0) is 4.79 Å². The molecule has 0 spiro atoms. The first kappa shape index (κ1) is 25.0. The van der Waals surface area contributed by atoms with Gasteiger partial charge in [-0.3, -0.25) is 4.79 Å². The van der Waals surface area contributed by atoms with E-state index in [1.807, 2.05) is 26.0 Å². The number of hydrogen-bond donors (Lipinski definition) is 1. The van der Waals surface area contributed by atoms with Crippen LogP contribution in [0.5, 0.6) is 17.4 Å². The predicted octanol–water partition coefficient (Wildman–Crippen LogP) is 3.54. The number of nitrogens with zero attached hydrogens (tertiary/aromatic N) is 2. The molecule has 2 N–H and O–H groups in total. The van der Waals surface area contributed by atoms with Crippen LogP contribution in [0.3, 0.4) is 0 Å². The molecule has 0 bridgehead atoms. The first-order valence-electron chi connectivity index (χ1n) is 8.15. The van der Waals surface area contributed by atoms with Crippen LogP contribution in [0.15, 0.2) is 48.7 Å². The van der Waals surface area contributed by atoms with E-state index in [0.717, 1.165) is 0 Å². The summed E-state index contributed by atoms with van der Waals surface area (Å²) < 4.78 is 11.2. The average molecular weight is 416 g/mol. The van der Waals surface area contributed by atoms with Crippen LogP contribution in [0.1, 0.15) is 13.8 Å². The molecule has 1 aromatic heterocycles. The van der Waals surface area contributed by atoms with Crippen molar-refractivity contribution in [1.82, 2.24) is 9.88 Å². The maximum atomic E-state index is 12.1. The Labute approximate surface area is 172 Å². The molecule has 0 atom stereocenters. The van der Waals surface area contributed by atoms with E-state index < -0.39 is 0 Å². The third-order valence-electron chi connectivity index (χ3n) is 3.69. The lowest BCUT2D eigenvalue weighted by Gasteiger charge is -2.29. The second-order valence-corrected chi connectivity index (χ2v) is 6.65. The summed E-state index contributed by atoms with van der Waals surface area (Å²) in [6.07, 6.45) is 1.67. The highest BCUT2D eigenvalue weighted by Crippen LogP contribution is 2.22. The standard InChI is InChI=1S/C19H25N3O3.2ClH/c1-19(2,13-20)14-22(3)18(23)12-24-15-7-9-16(10-8-15)25-17-6-4-5-11-21-17;;/h4-11H,12-14,20H2,1-3H3;2*1H. The molecular formula is C19H27Cl2N3O3. The molecule has 0 radical (unpaired) electrons. The Morgan fingerprint density at radius 1 is 1.11 bits per heavy atom. The van der Waals surface area contributed by atoms with Crippen LogP contribution in [0.25, 0.3) is 0 Å². The number of pyridine rings is 1. The van der Waals surface area contributed by atoms with E-state index in [-0.39, 0.29) is 42.7 Å². The number of likely N-dealkylation sites (N-methyl/N-ethyl adjacent to an activating group) is 1. The number of rotatable bonds is 8. The van der Waals surface area contributed by atoms with Crippen molar-refractivity contribution in [2.24, 2.45) is 11.1 Å². The highest BCUT2D eigenvalue weighted by atomic mass is 35.5. The molecule has 2 rings (SSSR count). The average Bonchev–Trinajstić information content (AvgIpc) is 2.61. The van der Waals surface area contributed by atoms with Crippen LogP contribution in [0.4, 0.5) is 0 Å². The molecule has 27 heavy (non-hydrogen) atoms. The predicted molar refractivity (Wildman–Crippen MR) is 111 cm³/mol. The van der Waals surface area contributed by atoms with E-state index in [2.05, 4.69) is 4.98 Å². The van der Waals surface area contributed by atoms with Gasteiger partial charge in [-0.25, -0.2) is 4.98 Å². The fourth-order valence-electron chi connectivity index (χ4n) is 2.18. The first-order chi connectivity index (χ1) is 11.9. The minimum atomic E-state index is -0.116. The Morgan fingerprint density at radius 2 is 1.74 bits per heavy atom. The molecule has 1 heterocycles. The highest BCUT2D eigenvalue weighted by molar-refractivity contribution is 5.85. The van der Waals surface area contributed by atoms with E-state index in [0.29, 0.717) is 30.5 Å². The maximum absolute atomic E-state index is 12.1. The summed E-state index contributed by atoms with van der Waals surface area (Å²) in [6.45, 7) is 5.14. The van der Waals surface area contributed by atoms with Gasteiger partial charge in [0, 0.05) is 25.9 Å². The molecule has 150 valence electrons. The van der Waals surface area contributed by atoms with Gasteiger partial charge >= 0.3 is 0 Å². The minimum absolute atomic E-state index is 0. The van der Waals surface area contributed by atoms with Crippen LogP contribution in [0, 0.1) is 5.41 Å². The largest absolute Gasteiger partial charge is 0.484 e. The zero-order chi connectivity index (χ0) is 18.3. The van der Waals surface area contributed by atoms with Crippen molar-refractivity contribution < 1.29 is 14.3 Å². The molecular weight excluding hydrogens is 389 g/mol. The van der Waals surface area contributed by atoms with Crippen molar-refractivity contribution in [3.05, 3.63) is 48.7 Å². The molecule has 1 aromatic carbocycles. The molecule has 0 aliphatic rings. The Balaban J connectivity index is 0.00000338. The van der Waals surface area contributed by atoms with Crippen molar-refractivity contribution in [1.29, 1.82) is 0 Å². The smallest absolute Gasteiger partial charge is 0.260 e. The molecule has 0 aliphatic heterocycles. The Bertz CT molecular complexity index is 682. The normalized spacial score (nSPS) is 10.2. The fourth-order valence-corrected chi connectivity index (χ4v) is 2.18. The van der Waals surface area contributed by atoms with Crippen molar-refractivity contribution in [2.45, 2.75) is 13.8 Å². The lowest BCUT2D eigenvalue weighted by molar-refractivity contribution is -0.133. The van der Waals surface area contributed by atoms with E-state index in [1.54, 1.807) is 48.5 Å². The zero-order valence-electron chi connectivity index (χ0n) is 15.8. The third kappa shape index (κ3) is 8.47. The minimum Gasteiger partial charge on any atom is -0.484 e. The van der Waals surface area contributed by atoms with Crippen molar-refractivity contribution in [2.75, 3.05) is 26.7 Å². The lowest BCUT2D eigenvalue weighted by Crippen LogP contribution is -2.41. The van der Waals surface area contributed by atoms with Gasteiger partial charge in [0.05, 0.1) is 0 Å². The van der Waals surface area contributed by atoms with E-state index in [9.17, 15) is 4.79 Å². The molecule has 0 saturated carbocycles. The molecule has 0 saturated heterocycles. The summed E-state index contributed by atoms with van der Waals surface area (Å²) in [5.41, 5.74) is 5.59. The maximum Gasteiger partial charge on any atom is 0.260 e. The van der Waals surface area contributed by atoms with Gasteiger partial charge in [-0.2, -0.15) is 0 Å². The van der Waals surface area contributed by atoms with Gasteiger partial charge in [0.2, 0.25) is 5.88 Å². The molecule has 0 aliphatic carbocycles. The highest BCUT2D eigenvalue weighted by Gasteiger charge is 2.21. The van der Waals surface area contributed by atoms with Crippen molar-refractivity contribution >= 4 is 30.7 Å². The summed E-state index contributed by atoms with van der Waals surface area (Å²) in [5.74, 6) is 1.69. The van der Waals surface area contributed by atoms with Crippen LogP contribution in [0.2, 0.25) is 0 Å². The Kier molecular flexibility index (Phi) is 10.8. The van der Waals surface area contributed by atoms with Gasteiger partial charge in [-0.15, -0.1) is 24.8 Å². The quantitative estimate of drug-likeness (QED) is 0.712. The Hall–Kier alpha value is -2.02. The summed E-state index contributed by atoms with van der Waals surface area (Å²) >= 11 is 0. The number of halogens is 2. The summed E-state index contributed by atoms with van der Waals surface area (Å²) in [4.78, 5) is 17.9. The van der Waals surface area contributed by atoms with Gasteiger partial charge in [-0.1, -0.05) is 19.9 Å². The lowest BCUT2D eigenvalue weighted by atomic mass is 9.93. The number of aromatic nitrogens is 1. The molecule has 6 nitrogen and oxygen atoms in total. The van der Waals surface area contributed by atoms with Gasteiger partial charge in [0.15, 0.2) is 6.61 Å². The second-order valence-electron chi connectivity index (χ2n) is 6.65. The zero-order valence-corrected chi connectivity index (χ0v) is 17.4. The third-order valence-corrected chi connectivity index (χ3v) is 3.69. The number of benzene rings is 1. The van der Waals surface area contributed by atoms with E-state index >= 15 is 0 Å². The van der Waals surface area contributed by atoms with Gasteiger partial charge < -0.3 is 20.1 Å². The molecule has 2 aromatic rings. The van der Waals surface area contributed by atoms with Crippen molar-refractivity contribution in [3.8, 4) is 17.4 Å². The van der Waals surface area contributed by atoms with Crippen LogP contribution < -0.4 is 15.2 Å². The number of ether oxygens (including phenoxy) is 2. The number of amides is 1. The number of carbonyl (C=O) groups is 1. The fraction of sp³-hybridized carbons (Fsp3) is 0.368. The second kappa shape index (κ2) is 11.6.